The van der Waals surface area contributed by atoms with E-state index in [0.717, 1.165) is 11.3 Å². The van der Waals surface area contributed by atoms with Crippen molar-refractivity contribution >= 4 is 28.3 Å². The summed E-state index contributed by atoms with van der Waals surface area (Å²) in [6.07, 6.45) is 3.39. The summed E-state index contributed by atoms with van der Waals surface area (Å²) in [6, 6.07) is 3.68. The first-order chi connectivity index (χ1) is 9.65. The number of amides is 1. The smallest absolute Gasteiger partial charge is 0.308 e. The molecule has 3 rings (SSSR count). The van der Waals surface area contributed by atoms with Gasteiger partial charge >= 0.3 is 5.97 Å². The highest BCUT2D eigenvalue weighted by atomic mass is 32.1. The third-order valence-electron chi connectivity index (χ3n) is 3.17. The zero-order chi connectivity index (χ0) is 14.1. The van der Waals surface area contributed by atoms with Gasteiger partial charge in [0.1, 0.15) is 0 Å². The summed E-state index contributed by atoms with van der Waals surface area (Å²) in [6.45, 7) is 0.192. The molecule has 1 unspecified atom stereocenters. The Balaban J connectivity index is 1.84. The zero-order valence-corrected chi connectivity index (χ0v) is 11.2. The number of carbonyl (C=O) groups excluding carboxylic acids is 1. The third-order valence-corrected chi connectivity index (χ3v) is 4.04. The predicted octanol–water partition coefficient (Wildman–Crippen LogP) is 1.64. The fourth-order valence-electron chi connectivity index (χ4n) is 2.10. The van der Waals surface area contributed by atoms with Gasteiger partial charge < -0.3 is 5.11 Å². The summed E-state index contributed by atoms with van der Waals surface area (Å²) >= 11 is 1.34. The molecular weight excluding hydrogens is 278 g/mol. The Morgan fingerprint density at radius 1 is 1.40 bits per heavy atom. The molecule has 1 fully saturated rings. The van der Waals surface area contributed by atoms with Crippen LogP contribution in [0.2, 0.25) is 0 Å². The van der Waals surface area contributed by atoms with Crippen LogP contribution in [-0.2, 0) is 9.59 Å². The summed E-state index contributed by atoms with van der Waals surface area (Å²) in [4.78, 5) is 32.6. The second-order valence-corrected chi connectivity index (χ2v) is 5.33. The second-order valence-electron chi connectivity index (χ2n) is 4.49. The molecule has 7 heteroatoms. The first kappa shape index (κ1) is 12.7. The standard InChI is InChI=1S/C13H11N3O3S/c17-11-5-9(12(18)19)6-16(11)13-15-10(7-20-13)8-1-3-14-4-2-8/h1-4,7,9H,5-6H2,(H,18,19). The molecule has 1 aliphatic rings. The lowest BCUT2D eigenvalue weighted by molar-refractivity contribution is -0.141. The minimum Gasteiger partial charge on any atom is -0.481 e. The number of hydrogen-bond acceptors (Lipinski definition) is 5. The van der Waals surface area contributed by atoms with Crippen LogP contribution in [0.5, 0.6) is 0 Å². The van der Waals surface area contributed by atoms with Crippen molar-refractivity contribution in [2.75, 3.05) is 11.4 Å². The molecule has 0 aromatic carbocycles. The van der Waals surface area contributed by atoms with Crippen LogP contribution in [0.25, 0.3) is 11.3 Å². The third kappa shape index (κ3) is 2.27. The van der Waals surface area contributed by atoms with Crippen molar-refractivity contribution in [1.82, 2.24) is 9.97 Å². The summed E-state index contributed by atoms with van der Waals surface area (Å²) in [7, 11) is 0. The van der Waals surface area contributed by atoms with E-state index in [1.165, 1.54) is 16.2 Å². The van der Waals surface area contributed by atoms with Gasteiger partial charge in [-0.1, -0.05) is 0 Å². The van der Waals surface area contributed by atoms with Gasteiger partial charge in [-0.25, -0.2) is 4.98 Å². The summed E-state index contributed by atoms with van der Waals surface area (Å²) in [5.41, 5.74) is 1.68. The maximum atomic E-state index is 11.9. The normalized spacial score (nSPS) is 18.5. The largest absolute Gasteiger partial charge is 0.481 e. The molecule has 1 amide bonds. The van der Waals surface area contributed by atoms with Crippen molar-refractivity contribution < 1.29 is 14.7 Å². The van der Waals surface area contributed by atoms with Crippen LogP contribution in [-0.4, -0.2) is 33.5 Å². The van der Waals surface area contributed by atoms with Gasteiger partial charge in [0.05, 0.1) is 11.6 Å². The van der Waals surface area contributed by atoms with Gasteiger partial charge in [-0.3, -0.25) is 19.5 Å². The molecule has 0 saturated carbocycles. The van der Waals surface area contributed by atoms with Gasteiger partial charge in [-0.15, -0.1) is 11.3 Å². The maximum Gasteiger partial charge on any atom is 0.308 e. The molecule has 0 spiro atoms. The SMILES string of the molecule is O=C(O)C1CC(=O)N(c2nc(-c3ccncc3)cs2)C1. The van der Waals surface area contributed by atoms with Crippen molar-refractivity contribution in [3.05, 3.63) is 29.9 Å². The van der Waals surface area contributed by atoms with Crippen LogP contribution in [0.4, 0.5) is 5.13 Å². The Bertz CT molecular complexity index is 656. The molecule has 1 saturated heterocycles. The lowest BCUT2D eigenvalue weighted by Crippen LogP contribution is -2.25. The lowest BCUT2D eigenvalue weighted by Gasteiger charge is -2.11. The fourth-order valence-corrected chi connectivity index (χ4v) is 2.96. The summed E-state index contributed by atoms with van der Waals surface area (Å²) in [5, 5.41) is 11.4. The average molecular weight is 289 g/mol. The van der Waals surface area contributed by atoms with Crippen molar-refractivity contribution in [2.45, 2.75) is 6.42 Å². The van der Waals surface area contributed by atoms with E-state index >= 15 is 0 Å². The summed E-state index contributed by atoms with van der Waals surface area (Å²) < 4.78 is 0. The monoisotopic (exact) mass is 289 g/mol. The molecule has 1 aliphatic heterocycles. The number of anilines is 1. The first-order valence-corrected chi connectivity index (χ1v) is 6.92. The van der Waals surface area contributed by atoms with Crippen LogP contribution >= 0.6 is 11.3 Å². The second kappa shape index (κ2) is 5.01. The van der Waals surface area contributed by atoms with E-state index in [1.807, 2.05) is 17.5 Å². The average Bonchev–Trinajstić information content (AvgIpc) is 3.06. The number of carboxylic acid groups (broad SMARTS) is 1. The van der Waals surface area contributed by atoms with E-state index in [9.17, 15) is 9.59 Å². The predicted molar refractivity (Wildman–Crippen MR) is 73.4 cm³/mol. The van der Waals surface area contributed by atoms with Gasteiger partial charge in [0.25, 0.3) is 0 Å². The highest BCUT2D eigenvalue weighted by molar-refractivity contribution is 7.14. The van der Waals surface area contributed by atoms with E-state index in [2.05, 4.69) is 9.97 Å². The molecule has 2 aromatic rings. The van der Waals surface area contributed by atoms with Crippen LogP contribution in [0.3, 0.4) is 0 Å². The van der Waals surface area contributed by atoms with Gasteiger partial charge in [0.2, 0.25) is 5.91 Å². The van der Waals surface area contributed by atoms with E-state index in [0.29, 0.717) is 5.13 Å². The van der Waals surface area contributed by atoms with Gasteiger partial charge in [-0.2, -0.15) is 0 Å². The number of rotatable bonds is 3. The minimum atomic E-state index is -0.938. The molecular formula is C13H11N3O3S. The number of nitrogens with zero attached hydrogens (tertiary/aromatic N) is 3. The Hall–Kier alpha value is -2.28. The number of thiazole rings is 1. The van der Waals surface area contributed by atoms with Crippen molar-refractivity contribution in [2.24, 2.45) is 5.92 Å². The van der Waals surface area contributed by atoms with E-state index in [1.54, 1.807) is 12.4 Å². The Morgan fingerprint density at radius 3 is 2.80 bits per heavy atom. The molecule has 1 atom stereocenters. The van der Waals surface area contributed by atoms with Gasteiger partial charge in [-0.05, 0) is 12.1 Å². The minimum absolute atomic E-state index is 0.0412. The maximum absolute atomic E-state index is 11.9. The van der Waals surface area contributed by atoms with Crippen molar-refractivity contribution in [3.63, 3.8) is 0 Å². The molecule has 0 bridgehead atoms. The molecule has 2 aromatic heterocycles. The molecule has 6 nitrogen and oxygen atoms in total. The van der Waals surface area contributed by atoms with Crippen molar-refractivity contribution in [3.8, 4) is 11.3 Å². The molecule has 0 radical (unpaired) electrons. The number of carbonyl (C=O) groups is 2. The Kier molecular flexibility index (Phi) is 3.19. The first-order valence-electron chi connectivity index (χ1n) is 6.04. The Labute approximate surface area is 118 Å². The van der Waals surface area contributed by atoms with E-state index < -0.39 is 11.9 Å². The highest BCUT2D eigenvalue weighted by Crippen LogP contribution is 2.31. The number of hydrogen-bond donors (Lipinski definition) is 1. The lowest BCUT2D eigenvalue weighted by atomic mass is 10.1. The molecule has 20 heavy (non-hydrogen) atoms. The molecule has 3 heterocycles. The van der Waals surface area contributed by atoms with Gasteiger partial charge in [0, 0.05) is 36.3 Å². The summed E-state index contributed by atoms with van der Waals surface area (Å²) in [5.74, 6) is -1.77. The molecule has 102 valence electrons. The van der Waals surface area contributed by atoms with E-state index in [-0.39, 0.29) is 18.9 Å². The van der Waals surface area contributed by atoms with Gasteiger partial charge in [0.15, 0.2) is 5.13 Å². The fraction of sp³-hybridized carbons (Fsp3) is 0.231. The number of pyridine rings is 1. The van der Waals surface area contributed by atoms with Crippen LogP contribution < -0.4 is 4.90 Å². The highest BCUT2D eigenvalue weighted by Gasteiger charge is 2.36. The van der Waals surface area contributed by atoms with Crippen LogP contribution in [0.1, 0.15) is 6.42 Å². The number of aromatic nitrogens is 2. The zero-order valence-electron chi connectivity index (χ0n) is 10.4. The topological polar surface area (TPSA) is 83.4 Å². The quantitative estimate of drug-likeness (QED) is 0.928. The Morgan fingerprint density at radius 2 is 2.15 bits per heavy atom. The number of carboxylic acids is 1. The molecule has 0 aliphatic carbocycles. The van der Waals surface area contributed by atoms with Crippen LogP contribution in [0, 0.1) is 5.92 Å². The number of aliphatic carboxylic acids is 1. The van der Waals surface area contributed by atoms with Crippen molar-refractivity contribution in [1.29, 1.82) is 0 Å². The van der Waals surface area contributed by atoms with E-state index in [4.69, 9.17) is 5.11 Å². The van der Waals surface area contributed by atoms with Crippen LogP contribution in [0.15, 0.2) is 29.9 Å². The molecule has 1 N–H and O–H groups in total.